The van der Waals surface area contributed by atoms with Crippen LogP contribution in [0.15, 0.2) is 48.5 Å². The molecule has 0 aliphatic rings. The van der Waals surface area contributed by atoms with E-state index in [4.69, 9.17) is 4.74 Å². The number of aryl methyl sites for hydroxylation is 2. The van der Waals surface area contributed by atoms with Gasteiger partial charge in [0, 0.05) is 6.04 Å². The van der Waals surface area contributed by atoms with Crippen molar-refractivity contribution in [2.45, 2.75) is 32.7 Å². The number of rotatable bonds is 7. The first-order chi connectivity index (χ1) is 10.2. The minimum absolute atomic E-state index is 0.367. The first-order valence-corrected chi connectivity index (χ1v) is 7.65. The van der Waals surface area contributed by atoms with Crippen LogP contribution < -0.4 is 10.1 Å². The Morgan fingerprint density at radius 2 is 1.86 bits per heavy atom. The highest BCUT2D eigenvalue weighted by Gasteiger charge is 2.11. The fraction of sp³-hybridized carbons (Fsp3) is 0.368. The van der Waals surface area contributed by atoms with Gasteiger partial charge in [0.2, 0.25) is 0 Å². The Hall–Kier alpha value is -1.80. The lowest BCUT2D eigenvalue weighted by molar-refractivity contribution is 0.412. The third-order valence-electron chi connectivity index (χ3n) is 3.79. The fourth-order valence-electron chi connectivity index (χ4n) is 2.56. The molecule has 0 aliphatic heterocycles. The van der Waals surface area contributed by atoms with E-state index >= 15 is 0 Å². The quantitative estimate of drug-likeness (QED) is 0.818. The molecule has 0 saturated heterocycles. The summed E-state index contributed by atoms with van der Waals surface area (Å²) in [6, 6.07) is 17.5. The van der Waals surface area contributed by atoms with E-state index in [0.29, 0.717) is 6.04 Å². The van der Waals surface area contributed by atoms with Crippen LogP contribution in [-0.2, 0) is 6.42 Å². The number of hydrogen-bond donors (Lipinski definition) is 1. The number of benzene rings is 2. The Morgan fingerprint density at radius 1 is 1.10 bits per heavy atom. The van der Waals surface area contributed by atoms with Crippen LogP contribution in [0.1, 0.15) is 36.1 Å². The monoisotopic (exact) mass is 283 g/mol. The minimum Gasteiger partial charge on any atom is -0.497 e. The molecule has 2 nitrogen and oxygen atoms in total. The van der Waals surface area contributed by atoms with Gasteiger partial charge in [0.1, 0.15) is 5.75 Å². The first-order valence-electron chi connectivity index (χ1n) is 7.65. The second-order valence-electron chi connectivity index (χ2n) is 5.41. The number of nitrogens with one attached hydrogen (secondary N) is 1. The second kappa shape index (κ2) is 7.84. The summed E-state index contributed by atoms with van der Waals surface area (Å²) in [5.74, 6) is 0.922. The molecule has 2 aromatic rings. The maximum Gasteiger partial charge on any atom is 0.119 e. The van der Waals surface area contributed by atoms with Crippen LogP contribution in [0.2, 0.25) is 0 Å². The number of hydrogen-bond acceptors (Lipinski definition) is 2. The highest BCUT2D eigenvalue weighted by Crippen LogP contribution is 2.23. The van der Waals surface area contributed by atoms with Crippen LogP contribution in [0.25, 0.3) is 0 Å². The fourth-order valence-corrected chi connectivity index (χ4v) is 2.56. The standard InChI is InChI=1S/C19H25NO/c1-4-20-19(17-6-5-7-18(14-17)21-3)13-12-16-10-8-15(2)9-11-16/h5-11,14,19-20H,4,12-13H2,1-3H3. The van der Waals surface area contributed by atoms with Gasteiger partial charge < -0.3 is 10.1 Å². The topological polar surface area (TPSA) is 21.3 Å². The predicted molar refractivity (Wildman–Crippen MR) is 88.9 cm³/mol. The average Bonchev–Trinajstić information content (AvgIpc) is 2.53. The summed E-state index contributed by atoms with van der Waals surface area (Å²) in [6.07, 6.45) is 2.17. The highest BCUT2D eigenvalue weighted by atomic mass is 16.5. The van der Waals surface area contributed by atoms with Crippen molar-refractivity contribution >= 4 is 0 Å². The van der Waals surface area contributed by atoms with E-state index in [1.165, 1.54) is 16.7 Å². The van der Waals surface area contributed by atoms with Gasteiger partial charge in [-0.2, -0.15) is 0 Å². The van der Waals surface area contributed by atoms with E-state index in [0.717, 1.165) is 25.1 Å². The molecular weight excluding hydrogens is 258 g/mol. The summed E-state index contributed by atoms with van der Waals surface area (Å²) in [6.45, 7) is 5.25. The third kappa shape index (κ3) is 4.61. The molecule has 2 rings (SSSR count). The van der Waals surface area contributed by atoms with Gasteiger partial charge in [-0.15, -0.1) is 0 Å². The van der Waals surface area contributed by atoms with Gasteiger partial charge in [-0.1, -0.05) is 48.9 Å². The molecule has 0 aliphatic carbocycles. The molecular formula is C19H25NO. The zero-order valence-corrected chi connectivity index (χ0v) is 13.2. The van der Waals surface area contributed by atoms with Gasteiger partial charge in [-0.05, 0) is 49.6 Å². The van der Waals surface area contributed by atoms with Crippen molar-refractivity contribution in [3.05, 3.63) is 65.2 Å². The van der Waals surface area contributed by atoms with Gasteiger partial charge in [0.05, 0.1) is 7.11 Å². The Balaban J connectivity index is 2.05. The van der Waals surface area contributed by atoms with Crippen molar-refractivity contribution in [3.63, 3.8) is 0 Å². The SMILES string of the molecule is CCNC(CCc1ccc(C)cc1)c1cccc(OC)c1. The van der Waals surface area contributed by atoms with Gasteiger partial charge in [0.15, 0.2) is 0 Å². The maximum atomic E-state index is 5.33. The molecule has 112 valence electrons. The smallest absolute Gasteiger partial charge is 0.119 e. The zero-order valence-electron chi connectivity index (χ0n) is 13.2. The van der Waals surface area contributed by atoms with Crippen LogP contribution in [0.5, 0.6) is 5.75 Å². The van der Waals surface area contributed by atoms with Crippen LogP contribution in [0.3, 0.4) is 0 Å². The number of ether oxygens (including phenoxy) is 1. The molecule has 2 heteroatoms. The van der Waals surface area contributed by atoms with Crippen molar-refractivity contribution in [1.82, 2.24) is 5.32 Å². The molecule has 0 heterocycles. The normalized spacial score (nSPS) is 12.1. The third-order valence-corrected chi connectivity index (χ3v) is 3.79. The molecule has 0 bridgehead atoms. The predicted octanol–water partition coefficient (Wildman–Crippen LogP) is 4.29. The lowest BCUT2D eigenvalue weighted by Gasteiger charge is -2.19. The second-order valence-corrected chi connectivity index (χ2v) is 5.41. The van der Waals surface area contributed by atoms with E-state index < -0.39 is 0 Å². The lowest BCUT2D eigenvalue weighted by atomic mass is 9.98. The maximum absolute atomic E-state index is 5.33. The van der Waals surface area contributed by atoms with Gasteiger partial charge in [-0.3, -0.25) is 0 Å². The van der Waals surface area contributed by atoms with E-state index in [-0.39, 0.29) is 0 Å². The van der Waals surface area contributed by atoms with E-state index in [1.54, 1.807) is 7.11 Å². The molecule has 0 saturated carbocycles. The number of methoxy groups -OCH3 is 1. The van der Waals surface area contributed by atoms with Crippen LogP contribution >= 0.6 is 0 Å². The molecule has 0 amide bonds. The molecule has 21 heavy (non-hydrogen) atoms. The summed E-state index contributed by atoms with van der Waals surface area (Å²) >= 11 is 0. The van der Waals surface area contributed by atoms with Crippen molar-refractivity contribution in [1.29, 1.82) is 0 Å². The van der Waals surface area contributed by atoms with E-state index in [9.17, 15) is 0 Å². The molecule has 1 N–H and O–H groups in total. The van der Waals surface area contributed by atoms with E-state index in [2.05, 4.69) is 61.6 Å². The Bertz CT molecular complexity index is 548. The summed E-state index contributed by atoms with van der Waals surface area (Å²) in [5.41, 5.74) is 4.00. The van der Waals surface area contributed by atoms with Gasteiger partial charge in [-0.25, -0.2) is 0 Å². The first kappa shape index (κ1) is 15.6. The summed E-state index contributed by atoms with van der Waals surface area (Å²) in [4.78, 5) is 0. The molecule has 1 atom stereocenters. The molecule has 0 fully saturated rings. The largest absolute Gasteiger partial charge is 0.497 e. The average molecular weight is 283 g/mol. The van der Waals surface area contributed by atoms with Gasteiger partial charge in [0.25, 0.3) is 0 Å². The van der Waals surface area contributed by atoms with Crippen LogP contribution in [0.4, 0.5) is 0 Å². The van der Waals surface area contributed by atoms with Gasteiger partial charge >= 0.3 is 0 Å². The Kier molecular flexibility index (Phi) is 5.82. The summed E-state index contributed by atoms with van der Waals surface area (Å²) < 4.78 is 5.33. The lowest BCUT2D eigenvalue weighted by Crippen LogP contribution is -2.21. The van der Waals surface area contributed by atoms with Crippen LogP contribution in [-0.4, -0.2) is 13.7 Å². The Morgan fingerprint density at radius 3 is 2.52 bits per heavy atom. The zero-order chi connectivity index (χ0) is 15.1. The summed E-state index contributed by atoms with van der Waals surface area (Å²) in [5, 5.41) is 3.58. The van der Waals surface area contributed by atoms with Crippen molar-refractivity contribution in [3.8, 4) is 5.75 Å². The Labute approximate surface area is 128 Å². The van der Waals surface area contributed by atoms with Crippen molar-refractivity contribution < 1.29 is 4.74 Å². The van der Waals surface area contributed by atoms with E-state index in [1.807, 2.05) is 6.07 Å². The molecule has 1 unspecified atom stereocenters. The highest BCUT2D eigenvalue weighted by molar-refractivity contribution is 5.31. The molecule has 0 spiro atoms. The molecule has 2 aromatic carbocycles. The summed E-state index contributed by atoms with van der Waals surface area (Å²) in [7, 11) is 1.72. The minimum atomic E-state index is 0.367. The molecule has 0 radical (unpaired) electrons. The molecule has 0 aromatic heterocycles. The van der Waals surface area contributed by atoms with Crippen LogP contribution in [0, 0.1) is 6.92 Å². The van der Waals surface area contributed by atoms with Crippen molar-refractivity contribution in [2.24, 2.45) is 0 Å². The van der Waals surface area contributed by atoms with Crippen molar-refractivity contribution in [2.75, 3.05) is 13.7 Å².